The highest BCUT2D eigenvalue weighted by molar-refractivity contribution is 7.11. The lowest BCUT2D eigenvalue weighted by Gasteiger charge is -2.28. The molecule has 4 nitrogen and oxygen atoms in total. The van der Waals surface area contributed by atoms with Crippen molar-refractivity contribution in [3.05, 3.63) is 52.0 Å². The van der Waals surface area contributed by atoms with Crippen LogP contribution in [-0.2, 0) is 6.42 Å². The smallest absolute Gasteiger partial charge is 0.263 e. The molecule has 1 amide bonds. The number of amides is 1. The SMILES string of the molecule is CCc1ncsc1C(=O)NCC(c1ccccc1)N1CCCC1. The summed E-state index contributed by atoms with van der Waals surface area (Å²) < 4.78 is 0. The largest absolute Gasteiger partial charge is 0.349 e. The van der Waals surface area contributed by atoms with Crippen molar-refractivity contribution in [2.45, 2.75) is 32.2 Å². The van der Waals surface area contributed by atoms with E-state index < -0.39 is 0 Å². The highest BCUT2D eigenvalue weighted by Crippen LogP contribution is 2.24. The lowest BCUT2D eigenvalue weighted by Crippen LogP contribution is -2.36. The van der Waals surface area contributed by atoms with Gasteiger partial charge in [0, 0.05) is 6.54 Å². The number of nitrogens with one attached hydrogen (secondary N) is 1. The lowest BCUT2D eigenvalue weighted by molar-refractivity contribution is 0.0941. The molecule has 1 aliphatic heterocycles. The van der Waals surface area contributed by atoms with Crippen LogP contribution in [0.1, 0.15) is 46.7 Å². The van der Waals surface area contributed by atoms with Gasteiger partial charge in [0.05, 0.1) is 17.2 Å². The number of benzene rings is 1. The average Bonchev–Trinajstić information content (AvgIpc) is 3.27. The third kappa shape index (κ3) is 3.79. The zero-order chi connectivity index (χ0) is 16.1. The number of hydrogen-bond acceptors (Lipinski definition) is 4. The molecule has 0 aliphatic carbocycles. The highest BCUT2D eigenvalue weighted by atomic mass is 32.1. The van der Waals surface area contributed by atoms with Gasteiger partial charge < -0.3 is 5.32 Å². The van der Waals surface area contributed by atoms with E-state index in [1.54, 1.807) is 5.51 Å². The molecule has 23 heavy (non-hydrogen) atoms. The fraction of sp³-hybridized carbons (Fsp3) is 0.444. The summed E-state index contributed by atoms with van der Waals surface area (Å²) in [5.74, 6) is 0.00415. The van der Waals surface area contributed by atoms with Crippen LogP contribution in [0.15, 0.2) is 35.8 Å². The molecule has 0 bridgehead atoms. The lowest BCUT2D eigenvalue weighted by atomic mass is 10.1. The Morgan fingerprint density at radius 3 is 2.74 bits per heavy atom. The second kappa shape index (κ2) is 7.70. The number of aryl methyl sites for hydroxylation is 1. The van der Waals surface area contributed by atoms with Gasteiger partial charge in [-0.2, -0.15) is 0 Å². The summed E-state index contributed by atoms with van der Waals surface area (Å²) in [5, 5.41) is 3.13. The van der Waals surface area contributed by atoms with Crippen molar-refractivity contribution in [2.24, 2.45) is 0 Å². The van der Waals surface area contributed by atoms with Crippen molar-refractivity contribution < 1.29 is 4.79 Å². The molecule has 1 aromatic heterocycles. The fourth-order valence-electron chi connectivity index (χ4n) is 3.16. The monoisotopic (exact) mass is 329 g/mol. The van der Waals surface area contributed by atoms with Crippen molar-refractivity contribution >= 4 is 17.2 Å². The van der Waals surface area contributed by atoms with Crippen LogP contribution in [0.25, 0.3) is 0 Å². The topological polar surface area (TPSA) is 45.2 Å². The molecule has 1 unspecified atom stereocenters. The molecule has 1 aromatic carbocycles. The normalized spacial score (nSPS) is 16.4. The van der Waals surface area contributed by atoms with Gasteiger partial charge in [-0.1, -0.05) is 37.3 Å². The van der Waals surface area contributed by atoms with Crippen LogP contribution in [0.4, 0.5) is 0 Å². The van der Waals surface area contributed by atoms with Crippen LogP contribution < -0.4 is 5.32 Å². The predicted octanol–water partition coefficient (Wildman–Crippen LogP) is 3.27. The first-order valence-corrected chi connectivity index (χ1v) is 9.17. The summed E-state index contributed by atoms with van der Waals surface area (Å²) >= 11 is 1.43. The highest BCUT2D eigenvalue weighted by Gasteiger charge is 2.24. The van der Waals surface area contributed by atoms with E-state index in [0.29, 0.717) is 6.54 Å². The van der Waals surface area contributed by atoms with Gasteiger partial charge in [-0.25, -0.2) is 4.98 Å². The molecule has 1 saturated heterocycles. The second-order valence-corrected chi connectivity index (χ2v) is 6.72. The molecule has 3 rings (SSSR count). The summed E-state index contributed by atoms with van der Waals surface area (Å²) in [6, 6.07) is 10.7. The second-order valence-electron chi connectivity index (χ2n) is 5.86. The number of carbonyl (C=O) groups is 1. The molecule has 1 aliphatic rings. The molecule has 1 atom stereocenters. The Kier molecular flexibility index (Phi) is 5.41. The van der Waals surface area contributed by atoms with E-state index >= 15 is 0 Å². The van der Waals surface area contributed by atoms with E-state index in [0.717, 1.165) is 30.1 Å². The maximum Gasteiger partial charge on any atom is 0.263 e. The van der Waals surface area contributed by atoms with Crippen molar-refractivity contribution in [1.82, 2.24) is 15.2 Å². The van der Waals surface area contributed by atoms with E-state index in [4.69, 9.17) is 0 Å². The van der Waals surface area contributed by atoms with Gasteiger partial charge in [0.25, 0.3) is 5.91 Å². The van der Waals surface area contributed by atoms with E-state index in [2.05, 4.69) is 39.5 Å². The Bertz CT molecular complexity index is 635. The van der Waals surface area contributed by atoms with Crippen molar-refractivity contribution in [3.8, 4) is 0 Å². The van der Waals surface area contributed by atoms with Gasteiger partial charge in [-0.05, 0) is 37.9 Å². The summed E-state index contributed by atoms with van der Waals surface area (Å²) in [7, 11) is 0. The predicted molar refractivity (Wildman–Crippen MR) is 93.8 cm³/mol. The van der Waals surface area contributed by atoms with Gasteiger partial charge in [0.1, 0.15) is 4.88 Å². The fourth-order valence-corrected chi connectivity index (χ4v) is 3.96. The number of likely N-dealkylation sites (tertiary alicyclic amines) is 1. The molecule has 0 spiro atoms. The van der Waals surface area contributed by atoms with Crippen LogP contribution in [0.5, 0.6) is 0 Å². The zero-order valence-corrected chi connectivity index (χ0v) is 14.3. The summed E-state index contributed by atoms with van der Waals surface area (Å²) in [4.78, 5) is 20.0. The molecular weight excluding hydrogens is 306 g/mol. The average molecular weight is 329 g/mol. The number of hydrogen-bond donors (Lipinski definition) is 1. The number of aromatic nitrogens is 1. The van der Waals surface area contributed by atoms with Crippen LogP contribution in [0, 0.1) is 0 Å². The number of carbonyl (C=O) groups excluding carboxylic acids is 1. The first kappa shape index (κ1) is 16.1. The third-order valence-corrected chi connectivity index (χ3v) is 5.27. The van der Waals surface area contributed by atoms with E-state index in [-0.39, 0.29) is 11.9 Å². The number of rotatable bonds is 6. The third-order valence-electron chi connectivity index (χ3n) is 4.40. The van der Waals surface area contributed by atoms with Crippen molar-refractivity contribution in [3.63, 3.8) is 0 Å². The van der Waals surface area contributed by atoms with Gasteiger partial charge in [-0.15, -0.1) is 11.3 Å². The standard InChI is InChI=1S/C18H23N3OS/c1-2-15-17(23-13-20-15)18(22)19-12-16(21-10-6-7-11-21)14-8-4-3-5-9-14/h3-5,8-9,13,16H,2,6-7,10-12H2,1H3,(H,19,22). The van der Waals surface area contributed by atoms with Crippen LogP contribution >= 0.6 is 11.3 Å². The van der Waals surface area contributed by atoms with Crippen molar-refractivity contribution in [2.75, 3.05) is 19.6 Å². The number of thiazole rings is 1. The molecule has 0 radical (unpaired) electrons. The Balaban J connectivity index is 1.70. The molecule has 122 valence electrons. The molecule has 2 heterocycles. The Labute approximate surface area is 141 Å². The Morgan fingerprint density at radius 2 is 2.04 bits per heavy atom. The molecular formula is C18H23N3OS. The quantitative estimate of drug-likeness (QED) is 0.885. The van der Waals surface area contributed by atoms with Gasteiger partial charge >= 0.3 is 0 Å². The summed E-state index contributed by atoms with van der Waals surface area (Å²) in [5.41, 5.74) is 3.92. The first-order chi connectivity index (χ1) is 11.3. The molecule has 0 saturated carbocycles. The van der Waals surface area contributed by atoms with E-state index in [1.807, 2.05) is 13.0 Å². The van der Waals surface area contributed by atoms with Gasteiger partial charge in [0.15, 0.2) is 0 Å². The Morgan fingerprint density at radius 1 is 1.30 bits per heavy atom. The molecule has 2 aromatic rings. The maximum atomic E-state index is 12.5. The van der Waals surface area contributed by atoms with E-state index in [1.165, 1.54) is 29.7 Å². The minimum atomic E-state index is 0.00415. The van der Waals surface area contributed by atoms with Crippen LogP contribution in [0.2, 0.25) is 0 Å². The minimum Gasteiger partial charge on any atom is -0.349 e. The molecule has 1 fully saturated rings. The first-order valence-electron chi connectivity index (χ1n) is 8.29. The number of nitrogens with zero attached hydrogens (tertiary/aromatic N) is 2. The molecule has 5 heteroatoms. The van der Waals surface area contributed by atoms with Gasteiger partial charge in [-0.3, -0.25) is 9.69 Å². The van der Waals surface area contributed by atoms with Gasteiger partial charge in [0.2, 0.25) is 0 Å². The van der Waals surface area contributed by atoms with E-state index in [9.17, 15) is 4.79 Å². The molecule has 1 N–H and O–H groups in total. The Hall–Kier alpha value is -1.72. The van der Waals surface area contributed by atoms with Crippen LogP contribution in [0.3, 0.4) is 0 Å². The van der Waals surface area contributed by atoms with Crippen LogP contribution in [-0.4, -0.2) is 35.4 Å². The minimum absolute atomic E-state index is 0.00415. The summed E-state index contributed by atoms with van der Waals surface area (Å²) in [6.45, 7) is 4.89. The van der Waals surface area contributed by atoms with Crippen molar-refractivity contribution in [1.29, 1.82) is 0 Å². The zero-order valence-electron chi connectivity index (χ0n) is 13.5. The maximum absolute atomic E-state index is 12.5. The summed E-state index contributed by atoms with van der Waals surface area (Å²) in [6.07, 6.45) is 3.28.